The Balaban J connectivity index is 1.35. The number of hydrogen-bond donors (Lipinski definition) is 1. The lowest BCUT2D eigenvalue weighted by molar-refractivity contribution is -0.253. The number of nitrogens with one attached hydrogen (secondary N) is 1. The minimum absolute atomic E-state index is 0.172. The summed E-state index contributed by atoms with van der Waals surface area (Å²) in [7, 11) is 1.24. The second-order valence-corrected chi connectivity index (χ2v) is 7.07. The SMILES string of the molecule is COOC(=O)CN1C(=O)C2(CC(Oc3ccc4[nH]ncc4n3)C2)c2cccnc21. The number of aromatic amines is 1. The number of rotatable bonds is 5. The molecular weight excluding hydrogens is 378 g/mol. The molecule has 0 unspecified atom stereocenters. The third kappa shape index (κ3) is 2.71. The van der Waals surface area contributed by atoms with Gasteiger partial charge in [-0.05, 0) is 12.1 Å². The van der Waals surface area contributed by atoms with Crippen molar-refractivity contribution in [2.75, 3.05) is 18.6 Å². The largest absolute Gasteiger partial charge is 0.474 e. The summed E-state index contributed by atoms with van der Waals surface area (Å²) in [5, 5.41) is 6.79. The van der Waals surface area contributed by atoms with E-state index in [1.807, 2.05) is 12.1 Å². The van der Waals surface area contributed by atoms with E-state index in [4.69, 9.17) is 4.74 Å². The van der Waals surface area contributed by atoms with Crippen LogP contribution in [0.15, 0.2) is 36.7 Å². The van der Waals surface area contributed by atoms with Gasteiger partial charge in [-0.2, -0.15) is 9.99 Å². The zero-order chi connectivity index (χ0) is 20.0. The molecule has 1 aliphatic carbocycles. The summed E-state index contributed by atoms with van der Waals surface area (Å²) in [5.74, 6) is 0.106. The van der Waals surface area contributed by atoms with E-state index in [9.17, 15) is 9.59 Å². The fourth-order valence-electron chi connectivity index (χ4n) is 4.09. The Hall–Kier alpha value is -3.53. The monoisotopic (exact) mass is 395 g/mol. The van der Waals surface area contributed by atoms with E-state index >= 15 is 0 Å². The van der Waals surface area contributed by atoms with Crippen LogP contribution in [-0.4, -0.2) is 51.8 Å². The molecule has 0 saturated heterocycles. The molecule has 0 radical (unpaired) electrons. The van der Waals surface area contributed by atoms with Crippen LogP contribution in [0.5, 0.6) is 5.88 Å². The maximum Gasteiger partial charge on any atom is 0.361 e. The van der Waals surface area contributed by atoms with Gasteiger partial charge in [0.1, 0.15) is 24.0 Å². The van der Waals surface area contributed by atoms with E-state index in [0.29, 0.717) is 30.1 Å². The molecular formula is C19H17N5O5. The lowest BCUT2D eigenvalue weighted by Crippen LogP contribution is -2.54. The van der Waals surface area contributed by atoms with Crippen LogP contribution >= 0.6 is 0 Å². The van der Waals surface area contributed by atoms with Crippen LogP contribution < -0.4 is 9.64 Å². The molecule has 1 amide bonds. The highest BCUT2D eigenvalue weighted by Gasteiger charge is 2.60. The van der Waals surface area contributed by atoms with Crippen LogP contribution in [0.3, 0.4) is 0 Å². The molecule has 3 aromatic heterocycles. The Bertz CT molecular complexity index is 1110. The third-order valence-electron chi connectivity index (χ3n) is 5.39. The number of amides is 1. The number of H-pyrrole nitrogens is 1. The number of ether oxygens (including phenoxy) is 1. The normalized spacial score (nSPS) is 22.6. The number of pyridine rings is 2. The highest BCUT2D eigenvalue weighted by molar-refractivity contribution is 6.10. The van der Waals surface area contributed by atoms with E-state index in [-0.39, 0.29) is 18.6 Å². The average molecular weight is 395 g/mol. The molecule has 1 aliphatic heterocycles. The molecule has 1 spiro atoms. The lowest BCUT2D eigenvalue weighted by atomic mass is 9.63. The van der Waals surface area contributed by atoms with Gasteiger partial charge in [0.2, 0.25) is 11.8 Å². The second kappa shape index (κ2) is 6.52. The number of aromatic nitrogens is 4. The number of carbonyl (C=O) groups excluding carboxylic acids is 2. The molecule has 29 heavy (non-hydrogen) atoms. The Morgan fingerprint density at radius 2 is 2.21 bits per heavy atom. The highest BCUT2D eigenvalue weighted by atomic mass is 17.2. The van der Waals surface area contributed by atoms with Gasteiger partial charge in [-0.3, -0.25) is 19.7 Å². The molecule has 1 N–H and O–H groups in total. The maximum atomic E-state index is 13.2. The van der Waals surface area contributed by atoms with Crippen LogP contribution in [-0.2, 0) is 24.8 Å². The van der Waals surface area contributed by atoms with Crippen LogP contribution in [0.2, 0.25) is 0 Å². The van der Waals surface area contributed by atoms with Crippen molar-refractivity contribution in [1.82, 2.24) is 20.2 Å². The van der Waals surface area contributed by atoms with Gasteiger partial charge >= 0.3 is 5.97 Å². The molecule has 0 aromatic carbocycles. The summed E-state index contributed by atoms with van der Waals surface area (Å²) in [6.45, 7) is -0.261. The standard InChI is InChI=1S/C19H17N5O5/c1-27-29-16(25)10-24-17-12(3-2-6-20-17)19(18(24)26)7-11(8-19)28-15-5-4-13-14(22-15)9-21-23-13/h2-6,9,11H,7-8,10H2,1H3,(H,21,23). The summed E-state index contributed by atoms with van der Waals surface area (Å²) in [6, 6.07) is 7.27. The van der Waals surface area contributed by atoms with Gasteiger partial charge in [-0.25, -0.2) is 14.8 Å². The summed E-state index contributed by atoms with van der Waals surface area (Å²) in [6.07, 6.45) is 4.01. The predicted molar refractivity (Wildman–Crippen MR) is 98.9 cm³/mol. The van der Waals surface area contributed by atoms with Crippen molar-refractivity contribution in [1.29, 1.82) is 0 Å². The Morgan fingerprint density at radius 1 is 1.34 bits per heavy atom. The quantitative estimate of drug-likeness (QED) is 0.507. The first-order valence-corrected chi connectivity index (χ1v) is 9.08. The number of hydrogen-bond acceptors (Lipinski definition) is 8. The van der Waals surface area contributed by atoms with Gasteiger partial charge in [-0.1, -0.05) is 6.07 Å². The summed E-state index contributed by atoms with van der Waals surface area (Å²) < 4.78 is 5.98. The van der Waals surface area contributed by atoms with Gasteiger partial charge in [0.25, 0.3) is 0 Å². The number of nitrogens with zero attached hydrogens (tertiary/aromatic N) is 4. The first-order chi connectivity index (χ1) is 14.1. The molecule has 4 heterocycles. The van der Waals surface area contributed by atoms with Crippen molar-refractivity contribution in [3.05, 3.63) is 42.2 Å². The van der Waals surface area contributed by atoms with Crippen LogP contribution in [0.25, 0.3) is 11.0 Å². The first kappa shape index (κ1) is 17.6. The minimum atomic E-state index is -0.749. The van der Waals surface area contributed by atoms with Gasteiger partial charge in [0.15, 0.2) is 0 Å². The fourth-order valence-corrected chi connectivity index (χ4v) is 4.09. The Kier molecular flexibility index (Phi) is 3.95. The van der Waals surface area contributed by atoms with Crippen molar-refractivity contribution in [2.45, 2.75) is 24.4 Å². The molecule has 0 bridgehead atoms. The molecule has 10 nitrogen and oxygen atoms in total. The summed E-state index contributed by atoms with van der Waals surface area (Å²) in [4.78, 5) is 44.0. The molecule has 1 fully saturated rings. The molecule has 5 rings (SSSR count). The van der Waals surface area contributed by atoms with Gasteiger partial charge < -0.3 is 4.74 Å². The molecule has 2 aliphatic rings. The Labute approximate surface area is 164 Å². The summed E-state index contributed by atoms with van der Waals surface area (Å²) >= 11 is 0. The van der Waals surface area contributed by atoms with E-state index in [2.05, 4.69) is 29.9 Å². The van der Waals surface area contributed by atoms with Crippen molar-refractivity contribution in [2.24, 2.45) is 0 Å². The molecule has 0 atom stereocenters. The number of fused-ring (bicyclic) bond motifs is 3. The zero-order valence-electron chi connectivity index (χ0n) is 15.5. The van der Waals surface area contributed by atoms with E-state index in [1.165, 1.54) is 12.0 Å². The van der Waals surface area contributed by atoms with Crippen LogP contribution in [0.4, 0.5) is 5.82 Å². The number of carbonyl (C=O) groups is 2. The van der Waals surface area contributed by atoms with Crippen molar-refractivity contribution >= 4 is 28.7 Å². The second-order valence-electron chi connectivity index (χ2n) is 7.07. The van der Waals surface area contributed by atoms with Crippen molar-refractivity contribution < 1.29 is 24.1 Å². The maximum absolute atomic E-state index is 13.2. The molecule has 148 valence electrons. The van der Waals surface area contributed by atoms with E-state index < -0.39 is 11.4 Å². The minimum Gasteiger partial charge on any atom is -0.474 e. The van der Waals surface area contributed by atoms with Crippen LogP contribution in [0.1, 0.15) is 18.4 Å². The van der Waals surface area contributed by atoms with Crippen molar-refractivity contribution in [3.63, 3.8) is 0 Å². The van der Waals surface area contributed by atoms with Crippen LogP contribution in [0, 0.1) is 0 Å². The number of anilines is 1. The zero-order valence-corrected chi connectivity index (χ0v) is 15.5. The molecule has 3 aromatic rings. The topological polar surface area (TPSA) is 120 Å². The smallest absolute Gasteiger partial charge is 0.361 e. The highest BCUT2D eigenvalue weighted by Crippen LogP contribution is 2.53. The van der Waals surface area contributed by atoms with Gasteiger partial charge in [-0.15, -0.1) is 0 Å². The molecule has 10 heteroatoms. The average Bonchev–Trinajstić information content (AvgIpc) is 3.24. The Morgan fingerprint density at radius 3 is 3.03 bits per heavy atom. The van der Waals surface area contributed by atoms with Crippen molar-refractivity contribution in [3.8, 4) is 5.88 Å². The fraction of sp³-hybridized carbons (Fsp3) is 0.316. The first-order valence-electron chi connectivity index (χ1n) is 9.08. The van der Waals surface area contributed by atoms with E-state index in [1.54, 1.807) is 24.5 Å². The third-order valence-corrected chi connectivity index (χ3v) is 5.39. The summed E-state index contributed by atoms with van der Waals surface area (Å²) in [5.41, 5.74) is 1.59. The lowest BCUT2D eigenvalue weighted by Gasteiger charge is -2.43. The predicted octanol–water partition coefficient (Wildman–Crippen LogP) is 1.28. The van der Waals surface area contributed by atoms with Gasteiger partial charge in [0.05, 0.1) is 24.2 Å². The van der Waals surface area contributed by atoms with Gasteiger partial charge in [0, 0.05) is 30.7 Å². The molecule has 1 saturated carbocycles. The van der Waals surface area contributed by atoms with E-state index in [0.717, 1.165) is 11.1 Å².